The van der Waals surface area contributed by atoms with Crippen LogP contribution in [-0.4, -0.2) is 48.3 Å². The van der Waals surface area contributed by atoms with Gasteiger partial charge in [-0.1, -0.05) is 18.6 Å². The summed E-state index contributed by atoms with van der Waals surface area (Å²) in [7, 11) is 2.23. The summed E-state index contributed by atoms with van der Waals surface area (Å²) in [5.41, 5.74) is 2.95. The molecule has 0 aliphatic carbocycles. The minimum atomic E-state index is 0.547. The standard InChI is InChI=1S/C20H22N6S/c1-26-8-3-2-4-14(26)11-21-20-19-16(7-9-27-19)15-6-5-13(10-17(15)23-20)18-12-22-25-24-18/h5-7,9-10,14H,2-4,8,11-12H2,1H3,(H,21,23). The molecule has 0 amide bonds. The fourth-order valence-electron chi connectivity index (χ4n) is 4.01. The number of hydrogen-bond donors (Lipinski definition) is 1. The van der Waals surface area contributed by atoms with E-state index < -0.39 is 0 Å². The fourth-order valence-corrected chi connectivity index (χ4v) is 4.88. The topological polar surface area (TPSA) is 65.2 Å². The van der Waals surface area contributed by atoms with Gasteiger partial charge in [-0.25, -0.2) is 4.98 Å². The summed E-state index contributed by atoms with van der Waals surface area (Å²) in [6.45, 7) is 2.67. The molecule has 1 aromatic carbocycles. The van der Waals surface area contributed by atoms with Crippen molar-refractivity contribution in [2.75, 3.05) is 32.0 Å². The number of aromatic nitrogens is 1. The lowest BCUT2D eigenvalue weighted by molar-refractivity contribution is 0.194. The van der Waals surface area contributed by atoms with Crippen molar-refractivity contribution in [1.29, 1.82) is 0 Å². The number of fused-ring (bicyclic) bond motifs is 3. The lowest BCUT2D eigenvalue weighted by Crippen LogP contribution is -2.40. The highest BCUT2D eigenvalue weighted by atomic mass is 32.1. The second kappa shape index (κ2) is 6.98. The molecule has 27 heavy (non-hydrogen) atoms. The Morgan fingerprint density at radius 2 is 2.19 bits per heavy atom. The summed E-state index contributed by atoms with van der Waals surface area (Å²) in [6.07, 6.45) is 3.88. The van der Waals surface area contributed by atoms with Gasteiger partial charge >= 0.3 is 0 Å². The van der Waals surface area contributed by atoms with Gasteiger partial charge in [-0.05, 0) is 49.2 Å². The van der Waals surface area contributed by atoms with Crippen LogP contribution in [0.4, 0.5) is 5.82 Å². The van der Waals surface area contributed by atoms with Crippen LogP contribution in [0.15, 0.2) is 45.1 Å². The van der Waals surface area contributed by atoms with E-state index in [-0.39, 0.29) is 0 Å². The molecule has 0 spiro atoms. The van der Waals surface area contributed by atoms with Gasteiger partial charge in [-0.3, -0.25) is 0 Å². The zero-order chi connectivity index (χ0) is 18.2. The van der Waals surface area contributed by atoms with Crippen LogP contribution in [0.1, 0.15) is 24.8 Å². The number of rotatable bonds is 4. The van der Waals surface area contributed by atoms with Crippen molar-refractivity contribution in [1.82, 2.24) is 9.88 Å². The van der Waals surface area contributed by atoms with E-state index in [2.05, 4.69) is 62.3 Å². The van der Waals surface area contributed by atoms with E-state index in [1.807, 2.05) is 0 Å². The molecule has 2 aromatic heterocycles. The minimum Gasteiger partial charge on any atom is -0.367 e. The Kier molecular flexibility index (Phi) is 4.33. The molecule has 2 aliphatic heterocycles. The minimum absolute atomic E-state index is 0.547. The first-order chi connectivity index (χ1) is 13.3. The molecule has 1 atom stereocenters. The third-order valence-corrected chi connectivity index (χ3v) is 6.53. The van der Waals surface area contributed by atoms with Crippen LogP contribution in [0.3, 0.4) is 0 Å². The smallest absolute Gasteiger partial charge is 0.144 e. The highest BCUT2D eigenvalue weighted by Crippen LogP contribution is 2.34. The molecule has 1 fully saturated rings. The third kappa shape index (κ3) is 3.11. The van der Waals surface area contributed by atoms with Gasteiger partial charge in [0.05, 0.1) is 15.9 Å². The Hall–Kier alpha value is -2.38. The predicted molar refractivity (Wildman–Crippen MR) is 112 cm³/mol. The predicted octanol–water partition coefficient (Wildman–Crippen LogP) is 4.52. The van der Waals surface area contributed by atoms with E-state index in [0.717, 1.165) is 29.2 Å². The van der Waals surface area contributed by atoms with Crippen LogP contribution in [-0.2, 0) is 0 Å². The van der Waals surface area contributed by atoms with Crippen molar-refractivity contribution in [3.8, 4) is 0 Å². The van der Waals surface area contributed by atoms with Crippen LogP contribution in [0, 0.1) is 0 Å². The number of benzene rings is 1. The zero-order valence-corrected chi connectivity index (χ0v) is 16.2. The monoisotopic (exact) mass is 378 g/mol. The van der Waals surface area contributed by atoms with Crippen molar-refractivity contribution in [3.63, 3.8) is 0 Å². The summed E-state index contributed by atoms with van der Waals surface area (Å²) in [5, 5.41) is 20.1. The summed E-state index contributed by atoms with van der Waals surface area (Å²) in [4.78, 5) is 7.45. The Morgan fingerprint density at radius 1 is 1.22 bits per heavy atom. The Morgan fingerprint density at radius 3 is 3.04 bits per heavy atom. The molecule has 7 heteroatoms. The van der Waals surface area contributed by atoms with Gasteiger partial charge in [-0.15, -0.1) is 16.4 Å². The van der Waals surface area contributed by atoms with Crippen molar-refractivity contribution < 1.29 is 0 Å². The Bertz CT molecular complexity index is 1050. The first-order valence-corrected chi connectivity index (χ1v) is 10.4. The van der Waals surface area contributed by atoms with Crippen molar-refractivity contribution in [3.05, 3.63) is 35.2 Å². The molecule has 3 aromatic rings. The Labute approximate surface area is 162 Å². The van der Waals surface area contributed by atoms with Gasteiger partial charge in [0.25, 0.3) is 0 Å². The quantitative estimate of drug-likeness (QED) is 0.726. The molecule has 0 saturated carbocycles. The highest BCUT2D eigenvalue weighted by Gasteiger charge is 2.19. The lowest BCUT2D eigenvalue weighted by atomic mass is 10.0. The number of piperidine rings is 1. The molecular formula is C20H22N6S. The number of hydrogen-bond acceptors (Lipinski definition) is 7. The van der Waals surface area contributed by atoms with Crippen molar-refractivity contribution in [2.24, 2.45) is 15.4 Å². The average molecular weight is 379 g/mol. The van der Waals surface area contributed by atoms with E-state index in [9.17, 15) is 0 Å². The summed E-state index contributed by atoms with van der Waals surface area (Å²) < 4.78 is 1.23. The van der Waals surface area contributed by atoms with Crippen LogP contribution >= 0.6 is 11.3 Å². The first kappa shape index (κ1) is 16.8. The average Bonchev–Trinajstić information content (AvgIpc) is 3.39. The highest BCUT2D eigenvalue weighted by molar-refractivity contribution is 7.18. The van der Waals surface area contributed by atoms with Gasteiger partial charge in [0.15, 0.2) is 0 Å². The van der Waals surface area contributed by atoms with Crippen LogP contribution in [0.5, 0.6) is 0 Å². The van der Waals surface area contributed by atoms with E-state index in [4.69, 9.17) is 4.98 Å². The number of likely N-dealkylation sites (N-methyl/N-ethyl adjacent to an activating group) is 1. The van der Waals surface area contributed by atoms with Crippen LogP contribution in [0.2, 0.25) is 0 Å². The fraction of sp³-hybridized carbons (Fsp3) is 0.400. The molecule has 5 rings (SSSR count). The number of thiophene rings is 1. The maximum Gasteiger partial charge on any atom is 0.144 e. The summed E-state index contributed by atoms with van der Waals surface area (Å²) in [5.74, 6) is 0.992. The second-order valence-electron chi connectivity index (χ2n) is 7.30. The lowest BCUT2D eigenvalue weighted by Gasteiger charge is -2.32. The largest absolute Gasteiger partial charge is 0.367 e. The number of nitrogens with zero attached hydrogens (tertiary/aromatic N) is 5. The van der Waals surface area contributed by atoms with Gasteiger partial charge in [0.1, 0.15) is 12.4 Å². The first-order valence-electron chi connectivity index (χ1n) is 9.48. The molecule has 1 saturated heterocycles. The molecule has 0 bridgehead atoms. The van der Waals surface area contributed by atoms with E-state index in [1.54, 1.807) is 11.3 Å². The summed E-state index contributed by atoms with van der Waals surface area (Å²) in [6, 6.07) is 9.12. The van der Waals surface area contributed by atoms with Gasteiger partial charge in [0, 0.05) is 28.9 Å². The van der Waals surface area contributed by atoms with Crippen molar-refractivity contribution >= 4 is 43.9 Å². The number of anilines is 1. The molecule has 138 valence electrons. The molecule has 2 aliphatic rings. The maximum atomic E-state index is 4.98. The van der Waals surface area contributed by atoms with E-state index >= 15 is 0 Å². The van der Waals surface area contributed by atoms with Crippen LogP contribution in [0.25, 0.3) is 21.0 Å². The number of nitrogens with one attached hydrogen (secondary N) is 1. The van der Waals surface area contributed by atoms with E-state index in [0.29, 0.717) is 12.6 Å². The van der Waals surface area contributed by atoms with Gasteiger partial charge in [0.2, 0.25) is 0 Å². The van der Waals surface area contributed by atoms with Gasteiger partial charge in [-0.2, -0.15) is 5.11 Å². The Balaban J connectivity index is 1.51. The molecule has 1 unspecified atom stereocenters. The number of pyridine rings is 1. The van der Waals surface area contributed by atoms with E-state index in [1.165, 1.54) is 41.3 Å². The SMILES string of the molecule is CN1CCCCC1CNc1nc2cc(C3=NN=NC3)ccc2c2ccsc12. The molecule has 0 radical (unpaired) electrons. The third-order valence-electron chi connectivity index (χ3n) is 5.61. The summed E-state index contributed by atoms with van der Waals surface area (Å²) >= 11 is 1.75. The molecule has 4 heterocycles. The van der Waals surface area contributed by atoms with Crippen LogP contribution < -0.4 is 5.32 Å². The van der Waals surface area contributed by atoms with Crippen molar-refractivity contribution in [2.45, 2.75) is 25.3 Å². The maximum absolute atomic E-state index is 4.98. The zero-order valence-electron chi connectivity index (χ0n) is 15.4. The number of likely N-dealkylation sites (tertiary alicyclic amines) is 1. The molecule has 6 nitrogen and oxygen atoms in total. The normalized spacial score (nSPS) is 20.5. The second-order valence-corrected chi connectivity index (χ2v) is 8.22. The van der Waals surface area contributed by atoms with Gasteiger partial charge < -0.3 is 10.2 Å². The molecular weight excluding hydrogens is 356 g/mol. The molecule has 1 N–H and O–H groups in total.